The van der Waals surface area contributed by atoms with Crippen LogP contribution in [0.5, 0.6) is 11.5 Å². The molecule has 23 heavy (non-hydrogen) atoms. The SMILES string of the molecule is CCCCC[C@@H](c1cc(OC)c(Br)c(OC)c1)N1CCNCC1. The Hall–Kier alpha value is -0.780. The minimum absolute atomic E-state index is 0.430. The van der Waals surface area contributed by atoms with Crippen LogP contribution in [0.25, 0.3) is 0 Å². The van der Waals surface area contributed by atoms with Gasteiger partial charge in [-0.15, -0.1) is 0 Å². The zero-order valence-corrected chi connectivity index (χ0v) is 16.1. The minimum atomic E-state index is 0.430. The maximum atomic E-state index is 5.53. The van der Waals surface area contributed by atoms with E-state index in [-0.39, 0.29) is 0 Å². The predicted octanol–water partition coefficient (Wildman–Crippen LogP) is 3.99. The summed E-state index contributed by atoms with van der Waals surface area (Å²) in [7, 11) is 3.42. The van der Waals surface area contributed by atoms with E-state index in [1.54, 1.807) is 14.2 Å². The second-order valence-corrected chi connectivity index (χ2v) is 6.83. The van der Waals surface area contributed by atoms with Crippen molar-refractivity contribution in [2.45, 2.75) is 38.6 Å². The van der Waals surface area contributed by atoms with Crippen LogP contribution in [0.4, 0.5) is 0 Å². The number of nitrogens with one attached hydrogen (secondary N) is 1. The zero-order valence-electron chi connectivity index (χ0n) is 14.5. The van der Waals surface area contributed by atoms with Crippen molar-refractivity contribution in [1.82, 2.24) is 10.2 Å². The van der Waals surface area contributed by atoms with E-state index in [0.717, 1.165) is 42.2 Å². The third kappa shape index (κ3) is 4.85. The fourth-order valence-corrected chi connectivity index (χ4v) is 3.78. The maximum absolute atomic E-state index is 5.53. The quantitative estimate of drug-likeness (QED) is 0.686. The Morgan fingerprint density at radius 3 is 2.26 bits per heavy atom. The summed E-state index contributed by atoms with van der Waals surface area (Å²) in [5.74, 6) is 1.69. The van der Waals surface area contributed by atoms with Gasteiger partial charge in [-0.1, -0.05) is 26.2 Å². The lowest BCUT2D eigenvalue weighted by Gasteiger charge is -2.35. The zero-order chi connectivity index (χ0) is 16.7. The number of methoxy groups -OCH3 is 2. The molecule has 0 saturated carbocycles. The van der Waals surface area contributed by atoms with Gasteiger partial charge in [0, 0.05) is 32.2 Å². The normalized spacial score (nSPS) is 17.0. The number of hydrogen-bond donors (Lipinski definition) is 1. The van der Waals surface area contributed by atoms with Gasteiger partial charge in [0.15, 0.2) is 0 Å². The van der Waals surface area contributed by atoms with Crippen molar-refractivity contribution in [2.24, 2.45) is 0 Å². The Kier molecular flexibility index (Phi) is 7.66. The highest BCUT2D eigenvalue weighted by Crippen LogP contribution is 2.39. The van der Waals surface area contributed by atoms with E-state index < -0.39 is 0 Å². The highest BCUT2D eigenvalue weighted by atomic mass is 79.9. The molecule has 1 aliphatic rings. The van der Waals surface area contributed by atoms with Crippen LogP contribution in [0.3, 0.4) is 0 Å². The third-order valence-electron chi connectivity index (χ3n) is 4.53. The van der Waals surface area contributed by atoms with E-state index in [2.05, 4.69) is 45.2 Å². The van der Waals surface area contributed by atoms with Crippen LogP contribution in [-0.2, 0) is 0 Å². The first-order chi connectivity index (χ1) is 11.2. The number of halogens is 1. The number of hydrogen-bond acceptors (Lipinski definition) is 4. The molecule has 0 aliphatic carbocycles. The molecule has 1 aromatic carbocycles. The van der Waals surface area contributed by atoms with Crippen LogP contribution in [-0.4, -0.2) is 45.3 Å². The molecule has 2 rings (SSSR count). The summed E-state index contributed by atoms with van der Waals surface area (Å²) in [5.41, 5.74) is 1.29. The summed E-state index contributed by atoms with van der Waals surface area (Å²) >= 11 is 3.57. The number of ether oxygens (including phenoxy) is 2. The van der Waals surface area contributed by atoms with Gasteiger partial charge in [-0.2, -0.15) is 0 Å². The minimum Gasteiger partial charge on any atom is -0.495 e. The Bertz CT molecular complexity index is 465. The molecule has 0 amide bonds. The summed E-state index contributed by atoms with van der Waals surface area (Å²) < 4.78 is 12.0. The second-order valence-electron chi connectivity index (χ2n) is 6.04. The van der Waals surface area contributed by atoms with Crippen LogP contribution >= 0.6 is 15.9 Å². The lowest BCUT2D eigenvalue weighted by molar-refractivity contribution is 0.162. The molecular formula is C18H29BrN2O2. The fourth-order valence-electron chi connectivity index (χ4n) is 3.22. The molecule has 0 spiro atoms. The molecule has 0 unspecified atom stereocenters. The fraction of sp³-hybridized carbons (Fsp3) is 0.667. The molecule has 4 nitrogen and oxygen atoms in total. The van der Waals surface area contributed by atoms with Gasteiger partial charge < -0.3 is 14.8 Å². The first kappa shape index (κ1) is 18.6. The largest absolute Gasteiger partial charge is 0.495 e. The van der Waals surface area contributed by atoms with E-state index in [1.165, 1.54) is 31.2 Å². The summed E-state index contributed by atoms with van der Waals surface area (Å²) in [6, 6.07) is 4.75. The van der Waals surface area contributed by atoms with Crippen molar-refractivity contribution in [3.63, 3.8) is 0 Å². The molecule has 0 radical (unpaired) electrons. The van der Waals surface area contributed by atoms with Crippen molar-refractivity contribution in [3.05, 3.63) is 22.2 Å². The maximum Gasteiger partial charge on any atom is 0.137 e. The molecule has 1 fully saturated rings. The molecule has 5 heteroatoms. The first-order valence-electron chi connectivity index (χ1n) is 8.57. The van der Waals surface area contributed by atoms with Crippen molar-refractivity contribution >= 4 is 15.9 Å². The Morgan fingerprint density at radius 2 is 1.74 bits per heavy atom. The van der Waals surface area contributed by atoms with Crippen LogP contribution in [0.15, 0.2) is 16.6 Å². The Labute approximate surface area is 148 Å². The van der Waals surface area contributed by atoms with Gasteiger partial charge in [-0.25, -0.2) is 0 Å². The molecule has 130 valence electrons. The van der Waals surface area contributed by atoms with E-state index in [0.29, 0.717) is 6.04 Å². The molecule has 1 atom stereocenters. The monoisotopic (exact) mass is 384 g/mol. The number of rotatable bonds is 8. The Morgan fingerprint density at radius 1 is 1.13 bits per heavy atom. The standard InChI is InChI=1S/C18H29BrN2O2/c1-4-5-6-7-15(21-10-8-20-9-11-21)14-12-16(22-2)18(19)17(13-14)23-3/h12-13,15,20H,4-11H2,1-3H3/t15-/m0/s1. The number of benzene rings is 1. The van der Waals surface area contributed by atoms with Gasteiger partial charge in [0.2, 0.25) is 0 Å². The molecule has 1 N–H and O–H groups in total. The molecule has 1 aliphatic heterocycles. The lowest BCUT2D eigenvalue weighted by atomic mass is 9.97. The van der Waals surface area contributed by atoms with Gasteiger partial charge in [0.25, 0.3) is 0 Å². The van der Waals surface area contributed by atoms with Crippen molar-refractivity contribution in [3.8, 4) is 11.5 Å². The predicted molar refractivity (Wildman–Crippen MR) is 98.6 cm³/mol. The smallest absolute Gasteiger partial charge is 0.137 e. The van der Waals surface area contributed by atoms with Crippen LogP contribution in [0.1, 0.15) is 44.2 Å². The highest BCUT2D eigenvalue weighted by Gasteiger charge is 2.24. The van der Waals surface area contributed by atoms with Crippen molar-refractivity contribution in [2.75, 3.05) is 40.4 Å². The summed E-state index contributed by atoms with van der Waals surface area (Å²) in [6.07, 6.45) is 4.97. The van der Waals surface area contributed by atoms with Crippen LogP contribution in [0.2, 0.25) is 0 Å². The van der Waals surface area contributed by atoms with Crippen molar-refractivity contribution in [1.29, 1.82) is 0 Å². The molecule has 0 bridgehead atoms. The van der Waals surface area contributed by atoms with E-state index >= 15 is 0 Å². The highest BCUT2D eigenvalue weighted by molar-refractivity contribution is 9.10. The third-order valence-corrected chi connectivity index (χ3v) is 5.31. The number of unbranched alkanes of at least 4 members (excludes halogenated alkanes) is 2. The van der Waals surface area contributed by atoms with E-state index in [9.17, 15) is 0 Å². The molecule has 1 heterocycles. The molecule has 1 aromatic rings. The average Bonchev–Trinajstić information content (AvgIpc) is 2.60. The van der Waals surface area contributed by atoms with Crippen LogP contribution < -0.4 is 14.8 Å². The molecular weight excluding hydrogens is 356 g/mol. The summed E-state index contributed by atoms with van der Waals surface area (Å²) in [4.78, 5) is 2.59. The lowest BCUT2D eigenvalue weighted by Crippen LogP contribution is -2.45. The number of nitrogens with zero attached hydrogens (tertiary/aromatic N) is 1. The number of piperazine rings is 1. The van der Waals surface area contributed by atoms with Gasteiger partial charge in [0.05, 0.1) is 14.2 Å². The summed E-state index contributed by atoms with van der Waals surface area (Å²) in [5, 5.41) is 3.44. The first-order valence-corrected chi connectivity index (χ1v) is 9.36. The van der Waals surface area contributed by atoms with E-state index in [4.69, 9.17) is 9.47 Å². The topological polar surface area (TPSA) is 33.7 Å². The van der Waals surface area contributed by atoms with Gasteiger partial charge in [-0.05, 0) is 40.0 Å². The Balaban J connectivity index is 2.28. The average molecular weight is 385 g/mol. The molecule has 0 aromatic heterocycles. The van der Waals surface area contributed by atoms with Crippen molar-refractivity contribution < 1.29 is 9.47 Å². The summed E-state index contributed by atoms with van der Waals surface area (Å²) in [6.45, 7) is 6.57. The van der Waals surface area contributed by atoms with Gasteiger partial charge >= 0.3 is 0 Å². The van der Waals surface area contributed by atoms with E-state index in [1.807, 2.05) is 0 Å². The molecule has 1 saturated heterocycles. The van der Waals surface area contributed by atoms with Gasteiger partial charge in [0.1, 0.15) is 16.0 Å². The van der Waals surface area contributed by atoms with Gasteiger partial charge in [-0.3, -0.25) is 4.90 Å². The second kappa shape index (κ2) is 9.50. The van der Waals surface area contributed by atoms with Crippen LogP contribution in [0, 0.1) is 0 Å².